The summed E-state index contributed by atoms with van der Waals surface area (Å²) in [5.74, 6) is -1.90. The van der Waals surface area contributed by atoms with Crippen LogP contribution in [0, 0.1) is 11.6 Å². The third-order valence-corrected chi connectivity index (χ3v) is 3.91. The van der Waals surface area contributed by atoms with E-state index in [1.54, 1.807) is 12.1 Å². The standard InChI is InChI=1S/C20H22F2N2O2/c21-17-11-5-3-9-15(17)19(25)23-13-7-1-2-8-14-24-20(26)16-10-4-6-12-18(16)22/h3-6,9-12H,1-2,7-8,13-14H2,(H,23,25)(H,24,26). The zero-order valence-electron chi connectivity index (χ0n) is 14.4. The van der Waals surface area contributed by atoms with Crippen LogP contribution in [0.4, 0.5) is 8.78 Å². The molecule has 26 heavy (non-hydrogen) atoms. The maximum atomic E-state index is 13.4. The molecule has 0 bridgehead atoms. The van der Waals surface area contributed by atoms with Gasteiger partial charge < -0.3 is 10.6 Å². The van der Waals surface area contributed by atoms with Crippen molar-refractivity contribution in [1.29, 1.82) is 0 Å². The second kappa shape index (κ2) is 10.3. The van der Waals surface area contributed by atoms with Crippen LogP contribution in [0.5, 0.6) is 0 Å². The third-order valence-electron chi connectivity index (χ3n) is 3.91. The third kappa shape index (κ3) is 5.95. The van der Waals surface area contributed by atoms with Gasteiger partial charge in [-0.05, 0) is 37.1 Å². The molecule has 0 aromatic heterocycles. The minimum Gasteiger partial charge on any atom is -0.352 e. The van der Waals surface area contributed by atoms with Crippen molar-refractivity contribution in [1.82, 2.24) is 10.6 Å². The van der Waals surface area contributed by atoms with E-state index < -0.39 is 23.4 Å². The van der Waals surface area contributed by atoms with Crippen LogP contribution in [0.1, 0.15) is 46.4 Å². The van der Waals surface area contributed by atoms with Gasteiger partial charge in [0.25, 0.3) is 11.8 Å². The summed E-state index contributed by atoms with van der Waals surface area (Å²) in [5, 5.41) is 5.37. The van der Waals surface area contributed by atoms with E-state index >= 15 is 0 Å². The molecular weight excluding hydrogens is 338 g/mol. The van der Waals surface area contributed by atoms with Gasteiger partial charge in [0, 0.05) is 13.1 Å². The first-order valence-corrected chi connectivity index (χ1v) is 8.65. The number of unbranched alkanes of at least 4 members (excludes halogenated alkanes) is 3. The van der Waals surface area contributed by atoms with Gasteiger partial charge in [0.1, 0.15) is 11.6 Å². The van der Waals surface area contributed by atoms with E-state index in [0.717, 1.165) is 25.7 Å². The Morgan fingerprint density at radius 2 is 1.04 bits per heavy atom. The van der Waals surface area contributed by atoms with Crippen LogP contribution in [-0.4, -0.2) is 24.9 Å². The molecule has 0 unspecified atom stereocenters. The highest BCUT2D eigenvalue weighted by Gasteiger charge is 2.10. The van der Waals surface area contributed by atoms with E-state index in [0.29, 0.717) is 13.1 Å². The van der Waals surface area contributed by atoms with Crippen molar-refractivity contribution >= 4 is 11.8 Å². The monoisotopic (exact) mass is 360 g/mol. The van der Waals surface area contributed by atoms with Crippen molar-refractivity contribution < 1.29 is 18.4 Å². The number of hydrogen-bond acceptors (Lipinski definition) is 2. The Balaban J connectivity index is 1.55. The molecule has 2 N–H and O–H groups in total. The molecule has 0 spiro atoms. The fraction of sp³-hybridized carbons (Fsp3) is 0.300. The van der Waals surface area contributed by atoms with Crippen LogP contribution in [-0.2, 0) is 0 Å². The lowest BCUT2D eigenvalue weighted by atomic mass is 10.1. The highest BCUT2D eigenvalue weighted by Crippen LogP contribution is 2.07. The number of halogens is 2. The number of carbonyl (C=O) groups excluding carboxylic acids is 2. The summed E-state index contributed by atoms with van der Waals surface area (Å²) in [6.07, 6.45) is 3.27. The molecule has 2 aromatic rings. The quantitative estimate of drug-likeness (QED) is 0.670. The summed E-state index contributed by atoms with van der Waals surface area (Å²) in [6, 6.07) is 11.7. The van der Waals surface area contributed by atoms with Gasteiger partial charge in [-0.3, -0.25) is 9.59 Å². The lowest BCUT2D eigenvalue weighted by Crippen LogP contribution is -2.26. The van der Waals surface area contributed by atoms with Crippen molar-refractivity contribution in [2.45, 2.75) is 25.7 Å². The van der Waals surface area contributed by atoms with Gasteiger partial charge in [-0.15, -0.1) is 0 Å². The van der Waals surface area contributed by atoms with E-state index in [9.17, 15) is 18.4 Å². The van der Waals surface area contributed by atoms with Gasteiger partial charge in [-0.1, -0.05) is 37.1 Å². The number of carbonyl (C=O) groups is 2. The van der Waals surface area contributed by atoms with Crippen molar-refractivity contribution in [3.8, 4) is 0 Å². The highest BCUT2D eigenvalue weighted by molar-refractivity contribution is 5.94. The van der Waals surface area contributed by atoms with E-state index in [2.05, 4.69) is 10.6 Å². The average Bonchev–Trinajstić information content (AvgIpc) is 2.64. The fourth-order valence-corrected chi connectivity index (χ4v) is 2.49. The molecule has 2 rings (SSSR count). The SMILES string of the molecule is O=C(NCCCCCCNC(=O)c1ccccc1F)c1ccccc1F. The van der Waals surface area contributed by atoms with Crippen molar-refractivity contribution in [3.05, 3.63) is 71.3 Å². The van der Waals surface area contributed by atoms with Crippen LogP contribution >= 0.6 is 0 Å². The number of benzene rings is 2. The zero-order valence-corrected chi connectivity index (χ0v) is 14.4. The van der Waals surface area contributed by atoms with Crippen molar-refractivity contribution in [3.63, 3.8) is 0 Å². The van der Waals surface area contributed by atoms with Gasteiger partial charge in [0.05, 0.1) is 11.1 Å². The Kier molecular flexibility index (Phi) is 7.74. The molecule has 0 fully saturated rings. The molecule has 2 aromatic carbocycles. The van der Waals surface area contributed by atoms with Gasteiger partial charge in [0.2, 0.25) is 0 Å². The van der Waals surface area contributed by atoms with E-state index in [-0.39, 0.29) is 11.1 Å². The molecule has 0 aliphatic rings. The molecule has 0 saturated carbocycles. The number of amides is 2. The Morgan fingerprint density at radius 1 is 0.654 bits per heavy atom. The minimum atomic E-state index is -0.532. The molecule has 0 atom stereocenters. The molecule has 6 heteroatoms. The molecule has 4 nitrogen and oxygen atoms in total. The Morgan fingerprint density at radius 3 is 1.42 bits per heavy atom. The molecule has 0 saturated heterocycles. The fourth-order valence-electron chi connectivity index (χ4n) is 2.49. The molecule has 2 amide bonds. The number of hydrogen-bond donors (Lipinski definition) is 2. The first-order valence-electron chi connectivity index (χ1n) is 8.65. The first kappa shape index (κ1) is 19.6. The van der Waals surface area contributed by atoms with Gasteiger partial charge >= 0.3 is 0 Å². The lowest BCUT2D eigenvalue weighted by Gasteiger charge is -2.07. The largest absolute Gasteiger partial charge is 0.352 e. The molecule has 138 valence electrons. The minimum absolute atomic E-state index is 0.0448. The second-order valence-electron chi connectivity index (χ2n) is 5.89. The van der Waals surface area contributed by atoms with Gasteiger partial charge in [-0.2, -0.15) is 0 Å². The summed E-state index contributed by atoms with van der Waals surface area (Å²) in [5.41, 5.74) is 0.0895. The predicted octanol–water partition coefficient (Wildman–Crippen LogP) is 3.69. The number of nitrogens with one attached hydrogen (secondary N) is 2. The summed E-state index contributed by atoms with van der Waals surface area (Å²) in [6.45, 7) is 0.934. The highest BCUT2D eigenvalue weighted by atomic mass is 19.1. The van der Waals surface area contributed by atoms with Crippen LogP contribution < -0.4 is 10.6 Å². The van der Waals surface area contributed by atoms with Crippen LogP contribution in [0.15, 0.2) is 48.5 Å². The normalized spacial score (nSPS) is 10.4. The molecule has 0 heterocycles. The first-order chi connectivity index (χ1) is 12.6. The van der Waals surface area contributed by atoms with E-state index in [1.807, 2.05) is 0 Å². The zero-order chi connectivity index (χ0) is 18.8. The Labute approximate surface area is 151 Å². The lowest BCUT2D eigenvalue weighted by molar-refractivity contribution is 0.0939. The smallest absolute Gasteiger partial charge is 0.254 e. The summed E-state index contributed by atoms with van der Waals surface area (Å²) >= 11 is 0. The van der Waals surface area contributed by atoms with Gasteiger partial charge in [0.15, 0.2) is 0 Å². The Hall–Kier alpha value is -2.76. The van der Waals surface area contributed by atoms with Crippen molar-refractivity contribution in [2.75, 3.05) is 13.1 Å². The van der Waals surface area contributed by atoms with Crippen LogP contribution in [0.2, 0.25) is 0 Å². The summed E-state index contributed by atoms with van der Waals surface area (Å²) in [7, 11) is 0. The number of rotatable bonds is 9. The molecular formula is C20H22F2N2O2. The van der Waals surface area contributed by atoms with E-state index in [1.165, 1.54) is 36.4 Å². The Bertz CT molecular complexity index is 687. The molecule has 0 radical (unpaired) electrons. The van der Waals surface area contributed by atoms with Crippen molar-refractivity contribution in [2.24, 2.45) is 0 Å². The van der Waals surface area contributed by atoms with E-state index in [4.69, 9.17) is 0 Å². The summed E-state index contributed by atoms with van der Waals surface area (Å²) < 4.78 is 26.9. The van der Waals surface area contributed by atoms with Gasteiger partial charge in [-0.25, -0.2) is 8.78 Å². The average molecular weight is 360 g/mol. The molecule has 0 aliphatic carbocycles. The molecule has 0 aliphatic heterocycles. The van der Waals surface area contributed by atoms with Crippen LogP contribution in [0.25, 0.3) is 0 Å². The second-order valence-corrected chi connectivity index (χ2v) is 5.89. The topological polar surface area (TPSA) is 58.2 Å². The predicted molar refractivity (Wildman–Crippen MR) is 95.9 cm³/mol. The van der Waals surface area contributed by atoms with Crippen LogP contribution in [0.3, 0.4) is 0 Å². The maximum absolute atomic E-state index is 13.4. The maximum Gasteiger partial charge on any atom is 0.254 e. The summed E-state index contributed by atoms with van der Waals surface area (Å²) in [4.78, 5) is 23.6.